The summed E-state index contributed by atoms with van der Waals surface area (Å²) in [6.45, 7) is -0.0420. The fraction of sp³-hybridized carbons (Fsp3) is 0.500. The summed E-state index contributed by atoms with van der Waals surface area (Å²) in [4.78, 5) is 36.4. The Morgan fingerprint density at radius 1 is 1.29 bits per heavy atom. The van der Waals surface area contributed by atoms with E-state index in [-0.39, 0.29) is 24.0 Å². The van der Waals surface area contributed by atoms with E-state index in [1.54, 1.807) is 0 Å². The van der Waals surface area contributed by atoms with Crippen LogP contribution in [0.25, 0.3) is 0 Å². The highest BCUT2D eigenvalue weighted by Crippen LogP contribution is 2.34. The molecule has 1 aromatic heterocycles. The van der Waals surface area contributed by atoms with Crippen LogP contribution in [-0.4, -0.2) is 33.5 Å². The predicted octanol–water partition coefficient (Wildman–Crippen LogP) is 1.73. The third-order valence-electron chi connectivity index (χ3n) is 4.14. The Labute approximate surface area is 120 Å². The molecule has 112 valence electrons. The minimum Gasteiger partial charge on any atom is -0.475 e. The van der Waals surface area contributed by atoms with Gasteiger partial charge in [0.2, 0.25) is 5.76 Å². The molecule has 3 rings (SSSR count). The number of nitrogens with zero attached hydrogens (tertiary/aromatic N) is 1. The molecular weight excluding hydrogens is 276 g/mol. The van der Waals surface area contributed by atoms with Crippen LogP contribution in [0.3, 0.4) is 0 Å². The van der Waals surface area contributed by atoms with Gasteiger partial charge in [-0.25, -0.2) is 9.59 Å². The Balaban J connectivity index is 1.77. The number of nitrogens with one attached hydrogen (secondary N) is 1. The third-order valence-corrected chi connectivity index (χ3v) is 4.14. The van der Waals surface area contributed by atoms with Crippen LogP contribution in [0.15, 0.2) is 16.5 Å². The molecule has 2 fully saturated rings. The van der Waals surface area contributed by atoms with Gasteiger partial charge in [-0.1, -0.05) is 19.3 Å². The highest BCUT2D eigenvalue weighted by atomic mass is 16.4. The van der Waals surface area contributed by atoms with Gasteiger partial charge in [-0.3, -0.25) is 9.69 Å². The lowest BCUT2D eigenvalue weighted by atomic mass is 9.82. The van der Waals surface area contributed by atoms with E-state index in [2.05, 4.69) is 5.32 Å². The summed E-state index contributed by atoms with van der Waals surface area (Å²) in [5, 5.41) is 11.6. The number of aromatic carboxylic acids is 1. The first-order chi connectivity index (χ1) is 10.0. The number of amides is 3. The summed E-state index contributed by atoms with van der Waals surface area (Å²) in [5.41, 5.74) is -0.766. The summed E-state index contributed by atoms with van der Waals surface area (Å²) in [7, 11) is 0. The molecule has 1 saturated heterocycles. The zero-order valence-electron chi connectivity index (χ0n) is 11.4. The van der Waals surface area contributed by atoms with E-state index in [9.17, 15) is 14.4 Å². The lowest BCUT2D eigenvalue weighted by molar-refractivity contribution is -0.133. The summed E-state index contributed by atoms with van der Waals surface area (Å²) >= 11 is 0. The molecule has 1 aromatic rings. The number of rotatable bonds is 3. The third kappa shape index (κ3) is 2.28. The van der Waals surface area contributed by atoms with Crippen LogP contribution in [0.2, 0.25) is 0 Å². The highest BCUT2D eigenvalue weighted by molar-refractivity contribution is 6.07. The van der Waals surface area contributed by atoms with Gasteiger partial charge < -0.3 is 14.8 Å². The smallest absolute Gasteiger partial charge is 0.371 e. The topological polar surface area (TPSA) is 99.9 Å². The molecule has 7 nitrogen and oxygen atoms in total. The summed E-state index contributed by atoms with van der Waals surface area (Å²) in [6.07, 6.45) is 4.23. The Morgan fingerprint density at radius 2 is 2.00 bits per heavy atom. The van der Waals surface area contributed by atoms with Crippen molar-refractivity contribution >= 4 is 17.9 Å². The maximum Gasteiger partial charge on any atom is 0.371 e. The molecule has 2 N–H and O–H groups in total. The largest absolute Gasteiger partial charge is 0.475 e. The predicted molar refractivity (Wildman–Crippen MR) is 70.6 cm³/mol. The fourth-order valence-corrected chi connectivity index (χ4v) is 3.05. The van der Waals surface area contributed by atoms with Gasteiger partial charge in [0.1, 0.15) is 11.3 Å². The second kappa shape index (κ2) is 4.91. The normalized spacial score (nSPS) is 20.9. The molecule has 2 heterocycles. The van der Waals surface area contributed by atoms with E-state index in [0.29, 0.717) is 12.8 Å². The first-order valence-corrected chi connectivity index (χ1v) is 6.98. The molecule has 0 unspecified atom stereocenters. The van der Waals surface area contributed by atoms with E-state index in [0.717, 1.165) is 24.2 Å². The minimum atomic E-state index is -1.18. The van der Waals surface area contributed by atoms with Crippen LogP contribution in [0.5, 0.6) is 0 Å². The molecule has 0 atom stereocenters. The Hall–Kier alpha value is -2.31. The van der Waals surface area contributed by atoms with Crippen molar-refractivity contribution in [1.29, 1.82) is 0 Å². The maximum absolute atomic E-state index is 12.5. The first-order valence-electron chi connectivity index (χ1n) is 6.98. The molecule has 21 heavy (non-hydrogen) atoms. The van der Waals surface area contributed by atoms with Crippen LogP contribution in [-0.2, 0) is 11.3 Å². The molecule has 0 bridgehead atoms. The molecule has 7 heteroatoms. The average molecular weight is 292 g/mol. The van der Waals surface area contributed by atoms with Crippen molar-refractivity contribution in [3.63, 3.8) is 0 Å². The van der Waals surface area contributed by atoms with Crippen LogP contribution in [0.4, 0.5) is 4.79 Å². The van der Waals surface area contributed by atoms with Crippen molar-refractivity contribution in [2.24, 2.45) is 0 Å². The van der Waals surface area contributed by atoms with E-state index < -0.39 is 17.5 Å². The maximum atomic E-state index is 12.5. The van der Waals surface area contributed by atoms with Gasteiger partial charge >= 0.3 is 12.0 Å². The fourth-order valence-electron chi connectivity index (χ4n) is 3.05. The molecule has 0 radical (unpaired) electrons. The number of carbonyl (C=O) groups is 3. The lowest BCUT2D eigenvalue weighted by Gasteiger charge is -2.30. The highest BCUT2D eigenvalue weighted by Gasteiger charge is 2.51. The first kappa shape index (κ1) is 13.7. The number of hydrogen-bond donors (Lipinski definition) is 2. The monoisotopic (exact) mass is 292 g/mol. The molecule has 1 aliphatic heterocycles. The van der Waals surface area contributed by atoms with Crippen molar-refractivity contribution in [2.45, 2.75) is 44.2 Å². The number of carbonyl (C=O) groups excluding carboxylic acids is 2. The van der Waals surface area contributed by atoms with Crippen molar-refractivity contribution < 1.29 is 23.9 Å². The van der Waals surface area contributed by atoms with Gasteiger partial charge in [0, 0.05) is 0 Å². The quantitative estimate of drug-likeness (QED) is 0.826. The summed E-state index contributed by atoms with van der Waals surface area (Å²) < 4.78 is 5.11. The van der Waals surface area contributed by atoms with E-state index >= 15 is 0 Å². The van der Waals surface area contributed by atoms with E-state index in [1.807, 2.05) is 0 Å². The van der Waals surface area contributed by atoms with Gasteiger partial charge in [0.15, 0.2) is 0 Å². The molecule has 1 saturated carbocycles. The molecule has 1 spiro atoms. The molecule has 0 aromatic carbocycles. The van der Waals surface area contributed by atoms with Crippen molar-refractivity contribution in [3.05, 3.63) is 23.7 Å². The zero-order chi connectivity index (χ0) is 15.0. The van der Waals surface area contributed by atoms with Crippen LogP contribution in [0.1, 0.15) is 48.4 Å². The standard InChI is InChI=1S/C14H16N2O5/c17-11(18)10-5-4-9(21-10)8-16-12(19)14(15-13(16)20)6-2-1-3-7-14/h4-5H,1-3,6-8H2,(H,15,20)(H,17,18). The Morgan fingerprint density at radius 3 is 2.62 bits per heavy atom. The lowest BCUT2D eigenvalue weighted by Crippen LogP contribution is -2.48. The number of furan rings is 1. The molecular formula is C14H16N2O5. The van der Waals surface area contributed by atoms with Gasteiger partial charge in [-0.05, 0) is 25.0 Å². The number of urea groups is 1. The van der Waals surface area contributed by atoms with Gasteiger partial charge in [-0.2, -0.15) is 0 Å². The molecule has 2 aliphatic rings. The number of carboxylic acids is 1. The number of hydrogen-bond acceptors (Lipinski definition) is 4. The number of imide groups is 1. The summed E-state index contributed by atoms with van der Waals surface area (Å²) in [6, 6.07) is 2.35. The number of carboxylic acid groups (broad SMARTS) is 1. The second-order valence-electron chi connectivity index (χ2n) is 5.54. The van der Waals surface area contributed by atoms with Crippen LogP contribution >= 0.6 is 0 Å². The average Bonchev–Trinajstić information content (AvgIpc) is 3.00. The van der Waals surface area contributed by atoms with E-state index in [4.69, 9.17) is 9.52 Å². The van der Waals surface area contributed by atoms with Crippen molar-refractivity contribution in [3.8, 4) is 0 Å². The Kier molecular flexibility index (Phi) is 3.19. The zero-order valence-corrected chi connectivity index (χ0v) is 11.4. The second-order valence-corrected chi connectivity index (χ2v) is 5.54. The molecule has 3 amide bonds. The van der Waals surface area contributed by atoms with Crippen molar-refractivity contribution in [1.82, 2.24) is 10.2 Å². The van der Waals surface area contributed by atoms with Crippen LogP contribution in [0, 0.1) is 0 Å². The van der Waals surface area contributed by atoms with Crippen LogP contribution < -0.4 is 5.32 Å². The van der Waals surface area contributed by atoms with Gasteiger partial charge in [0.05, 0.1) is 6.54 Å². The summed E-state index contributed by atoms with van der Waals surface area (Å²) in [5.74, 6) is -1.34. The van der Waals surface area contributed by atoms with Crippen molar-refractivity contribution in [2.75, 3.05) is 0 Å². The van der Waals surface area contributed by atoms with Gasteiger partial charge in [0.25, 0.3) is 5.91 Å². The minimum absolute atomic E-state index is 0.0420. The van der Waals surface area contributed by atoms with Gasteiger partial charge in [-0.15, -0.1) is 0 Å². The van der Waals surface area contributed by atoms with E-state index in [1.165, 1.54) is 12.1 Å². The SMILES string of the molecule is O=C(O)c1ccc(CN2C(=O)NC3(CCCCC3)C2=O)o1. The Bertz CT molecular complexity index is 600. The molecule has 1 aliphatic carbocycles.